The van der Waals surface area contributed by atoms with E-state index in [-0.39, 0.29) is 0 Å². The summed E-state index contributed by atoms with van der Waals surface area (Å²) in [5, 5.41) is 0.720. The van der Waals surface area contributed by atoms with E-state index in [1.807, 2.05) is 12.1 Å². The molecule has 0 bridgehead atoms. The van der Waals surface area contributed by atoms with Crippen molar-refractivity contribution in [3.8, 4) is 5.75 Å². The topological polar surface area (TPSA) is 12.5 Å². The van der Waals surface area contributed by atoms with Gasteiger partial charge in [-0.3, -0.25) is 0 Å². The molecule has 0 atom stereocenters. The Morgan fingerprint density at radius 1 is 1.31 bits per heavy atom. The third-order valence-corrected chi connectivity index (χ3v) is 3.14. The van der Waals surface area contributed by atoms with Crippen molar-refractivity contribution in [1.29, 1.82) is 0 Å². The zero-order valence-corrected chi connectivity index (χ0v) is 10.5. The molecule has 0 unspecified atom stereocenters. The van der Waals surface area contributed by atoms with Crippen LogP contribution in [0.5, 0.6) is 5.75 Å². The Hall–Kier alpha value is -0.890. The highest BCUT2D eigenvalue weighted by Gasteiger charge is 2.18. The number of halogens is 1. The Kier molecular flexibility index (Phi) is 3.94. The Labute approximate surface area is 102 Å². The van der Waals surface area contributed by atoms with Gasteiger partial charge >= 0.3 is 0 Å². The summed E-state index contributed by atoms with van der Waals surface area (Å²) in [6, 6.07) is 5.99. The van der Waals surface area contributed by atoms with E-state index in [4.69, 9.17) is 16.3 Å². The molecule has 1 aliphatic heterocycles. The molecule has 1 aromatic carbocycles. The largest absolute Gasteiger partial charge is 0.490 e. The van der Waals surface area contributed by atoms with Crippen LogP contribution in [0.3, 0.4) is 0 Å². The van der Waals surface area contributed by atoms with E-state index >= 15 is 0 Å². The minimum atomic E-state index is 0.720. The second-order valence-electron chi connectivity index (χ2n) is 4.13. The number of rotatable bonds is 4. The first-order valence-corrected chi connectivity index (χ1v) is 6.37. The second-order valence-corrected chi connectivity index (χ2v) is 4.54. The van der Waals surface area contributed by atoms with Crippen molar-refractivity contribution >= 4 is 17.3 Å². The minimum absolute atomic E-state index is 0.720. The minimum Gasteiger partial charge on any atom is -0.490 e. The summed E-state index contributed by atoms with van der Waals surface area (Å²) in [5.41, 5.74) is 1.15. The van der Waals surface area contributed by atoms with Gasteiger partial charge in [-0.15, -0.1) is 0 Å². The molecular formula is C13H18ClNO. The number of anilines is 1. The molecule has 16 heavy (non-hydrogen) atoms. The highest BCUT2D eigenvalue weighted by molar-refractivity contribution is 6.32. The molecule has 3 heteroatoms. The summed E-state index contributed by atoms with van der Waals surface area (Å²) in [6.07, 6.45) is 3.53. The quantitative estimate of drug-likeness (QED) is 0.794. The number of ether oxygens (including phenoxy) is 1. The molecule has 0 saturated carbocycles. The van der Waals surface area contributed by atoms with E-state index in [1.54, 1.807) is 0 Å². The van der Waals surface area contributed by atoms with Crippen molar-refractivity contribution in [2.24, 2.45) is 0 Å². The zero-order valence-electron chi connectivity index (χ0n) is 9.71. The predicted molar refractivity (Wildman–Crippen MR) is 68.7 cm³/mol. The molecule has 1 heterocycles. The molecule has 88 valence electrons. The summed E-state index contributed by atoms with van der Waals surface area (Å²) in [5.74, 6) is 0.855. The Bertz CT molecular complexity index is 348. The van der Waals surface area contributed by atoms with Gasteiger partial charge in [-0.1, -0.05) is 24.6 Å². The Balaban J connectivity index is 2.24. The highest BCUT2D eigenvalue weighted by atomic mass is 35.5. The molecular weight excluding hydrogens is 222 g/mol. The first-order chi connectivity index (χ1) is 7.83. The van der Waals surface area contributed by atoms with Crippen LogP contribution in [0, 0.1) is 0 Å². The maximum Gasteiger partial charge on any atom is 0.161 e. The van der Waals surface area contributed by atoms with Crippen molar-refractivity contribution in [2.75, 3.05) is 24.6 Å². The third-order valence-electron chi connectivity index (χ3n) is 2.84. The number of benzene rings is 1. The van der Waals surface area contributed by atoms with Crippen LogP contribution in [0.1, 0.15) is 26.2 Å². The fourth-order valence-corrected chi connectivity index (χ4v) is 2.28. The Morgan fingerprint density at radius 2 is 2.06 bits per heavy atom. The lowest BCUT2D eigenvalue weighted by Gasteiger charge is -2.22. The fourth-order valence-electron chi connectivity index (χ4n) is 2.05. The van der Waals surface area contributed by atoms with Crippen LogP contribution in [0.25, 0.3) is 0 Å². The van der Waals surface area contributed by atoms with Gasteiger partial charge in [0.1, 0.15) is 0 Å². The first kappa shape index (κ1) is 11.6. The zero-order chi connectivity index (χ0) is 11.4. The van der Waals surface area contributed by atoms with Crippen molar-refractivity contribution in [3.05, 3.63) is 23.2 Å². The van der Waals surface area contributed by atoms with Crippen molar-refractivity contribution in [2.45, 2.75) is 26.2 Å². The molecule has 2 nitrogen and oxygen atoms in total. The summed E-state index contributed by atoms with van der Waals surface area (Å²) in [4.78, 5) is 2.36. The van der Waals surface area contributed by atoms with Gasteiger partial charge in [-0.25, -0.2) is 0 Å². The van der Waals surface area contributed by atoms with E-state index < -0.39 is 0 Å². The standard InChI is InChI=1S/C13H18ClNO/c1-2-10-16-13-11(14)6-5-7-12(13)15-8-3-4-9-15/h5-7H,2-4,8-10H2,1H3. The van der Waals surface area contributed by atoms with Crippen molar-refractivity contribution < 1.29 is 4.74 Å². The van der Waals surface area contributed by atoms with Crippen LogP contribution in [-0.2, 0) is 0 Å². The number of hydrogen-bond acceptors (Lipinski definition) is 2. The summed E-state index contributed by atoms with van der Waals surface area (Å²) in [7, 11) is 0. The van der Waals surface area contributed by atoms with Crippen molar-refractivity contribution in [3.63, 3.8) is 0 Å². The Morgan fingerprint density at radius 3 is 2.75 bits per heavy atom. The van der Waals surface area contributed by atoms with Crippen LogP contribution in [0.15, 0.2) is 18.2 Å². The van der Waals surface area contributed by atoms with Gasteiger partial charge in [-0.05, 0) is 31.4 Å². The molecule has 1 aliphatic rings. The number of para-hydroxylation sites is 1. The van der Waals surface area contributed by atoms with E-state index in [9.17, 15) is 0 Å². The molecule has 1 saturated heterocycles. The molecule has 2 rings (SSSR count). The maximum absolute atomic E-state index is 6.19. The molecule has 0 aliphatic carbocycles. The molecule has 0 radical (unpaired) electrons. The smallest absolute Gasteiger partial charge is 0.161 e. The van der Waals surface area contributed by atoms with Gasteiger partial charge in [0.05, 0.1) is 17.3 Å². The van der Waals surface area contributed by atoms with Crippen LogP contribution < -0.4 is 9.64 Å². The second kappa shape index (κ2) is 5.44. The lowest BCUT2D eigenvalue weighted by Crippen LogP contribution is -2.18. The normalized spacial score (nSPS) is 15.5. The van der Waals surface area contributed by atoms with E-state index in [0.29, 0.717) is 0 Å². The van der Waals surface area contributed by atoms with E-state index in [1.165, 1.54) is 12.8 Å². The molecule has 0 amide bonds. The van der Waals surface area contributed by atoms with Gasteiger partial charge in [-0.2, -0.15) is 0 Å². The molecule has 0 spiro atoms. The average molecular weight is 240 g/mol. The average Bonchev–Trinajstić information content (AvgIpc) is 2.80. The van der Waals surface area contributed by atoms with E-state index in [0.717, 1.165) is 42.6 Å². The summed E-state index contributed by atoms with van der Waals surface area (Å²) in [6.45, 7) is 5.06. The van der Waals surface area contributed by atoms with Crippen LogP contribution >= 0.6 is 11.6 Å². The van der Waals surface area contributed by atoms with Gasteiger partial charge in [0.2, 0.25) is 0 Å². The highest BCUT2D eigenvalue weighted by Crippen LogP contribution is 2.37. The number of nitrogens with zero attached hydrogens (tertiary/aromatic N) is 1. The summed E-state index contributed by atoms with van der Waals surface area (Å²) < 4.78 is 5.76. The van der Waals surface area contributed by atoms with Crippen LogP contribution in [0.4, 0.5) is 5.69 Å². The molecule has 0 aromatic heterocycles. The lowest BCUT2D eigenvalue weighted by molar-refractivity contribution is 0.318. The predicted octanol–water partition coefficient (Wildman–Crippen LogP) is 3.73. The first-order valence-electron chi connectivity index (χ1n) is 5.99. The van der Waals surface area contributed by atoms with Crippen LogP contribution in [0.2, 0.25) is 5.02 Å². The summed E-state index contributed by atoms with van der Waals surface area (Å²) >= 11 is 6.19. The third kappa shape index (κ3) is 2.43. The lowest BCUT2D eigenvalue weighted by atomic mass is 10.2. The fraction of sp³-hybridized carbons (Fsp3) is 0.538. The van der Waals surface area contributed by atoms with Gasteiger partial charge in [0, 0.05) is 13.1 Å². The monoisotopic (exact) mass is 239 g/mol. The van der Waals surface area contributed by atoms with Crippen LogP contribution in [-0.4, -0.2) is 19.7 Å². The van der Waals surface area contributed by atoms with Crippen molar-refractivity contribution in [1.82, 2.24) is 0 Å². The van der Waals surface area contributed by atoms with Gasteiger partial charge < -0.3 is 9.64 Å². The molecule has 1 fully saturated rings. The maximum atomic E-state index is 6.19. The molecule has 1 aromatic rings. The van der Waals surface area contributed by atoms with E-state index in [2.05, 4.69) is 17.9 Å². The number of hydrogen-bond donors (Lipinski definition) is 0. The van der Waals surface area contributed by atoms with Gasteiger partial charge in [0.15, 0.2) is 5.75 Å². The SMILES string of the molecule is CCCOc1c(Cl)cccc1N1CCCC1. The van der Waals surface area contributed by atoms with Gasteiger partial charge in [0.25, 0.3) is 0 Å². The molecule has 0 N–H and O–H groups in total.